The summed E-state index contributed by atoms with van der Waals surface area (Å²) >= 11 is 0. The van der Waals surface area contributed by atoms with E-state index >= 15 is 0 Å². The zero-order valence-electron chi connectivity index (χ0n) is 15.9. The van der Waals surface area contributed by atoms with Crippen molar-refractivity contribution in [1.82, 2.24) is 0 Å². The lowest BCUT2D eigenvalue weighted by Crippen LogP contribution is -2.58. The van der Waals surface area contributed by atoms with E-state index in [0.29, 0.717) is 16.7 Å². The average molecular weight is 319 g/mol. The number of aliphatic hydroxyl groups is 1. The van der Waals surface area contributed by atoms with E-state index < -0.39 is 0 Å². The predicted molar refractivity (Wildman–Crippen MR) is 96.1 cm³/mol. The van der Waals surface area contributed by atoms with Crippen molar-refractivity contribution in [2.24, 2.45) is 46.3 Å². The lowest BCUT2D eigenvalue weighted by molar-refractivity contribution is -0.171. The van der Waals surface area contributed by atoms with Crippen LogP contribution in [-0.4, -0.2) is 11.2 Å². The first-order chi connectivity index (χ1) is 10.9. The Balaban J connectivity index is 1.67. The molecule has 4 aliphatic carbocycles. The summed E-state index contributed by atoms with van der Waals surface area (Å²) in [5, 5.41) is 11.3. The van der Waals surface area contributed by atoms with Crippen molar-refractivity contribution >= 4 is 0 Å². The van der Waals surface area contributed by atoms with E-state index in [-0.39, 0.29) is 6.10 Å². The molecule has 0 saturated heterocycles. The fraction of sp³-hybridized carbons (Fsp3) is 1.00. The van der Waals surface area contributed by atoms with Crippen LogP contribution in [0.1, 0.15) is 85.5 Å². The molecule has 0 amide bonds. The molecule has 0 bridgehead atoms. The molecule has 0 spiro atoms. The van der Waals surface area contributed by atoms with Crippen molar-refractivity contribution in [3.05, 3.63) is 0 Å². The minimum absolute atomic E-state index is 0.0356. The number of aliphatic hydroxyl groups excluding tert-OH is 1. The van der Waals surface area contributed by atoms with Gasteiger partial charge < -0.3 is 5.11 Å². The second kappa shape index (κ2) is 5.48. The normalized spacial score (nSPS) is 56.1. The molecule has 23 heavy (non-hydrogen) atoms. The van der Waals surface area contributed by atoms with Crippen LogP contribution in [0.2, 0.25) is 0 Å². The predicted octanol–water partition coefficient (Wildman–Crippen LogP) is 5.66. The van der Waals surface area contributed by atoms with Crippen molar-refractivity contribution in [2.75, 3.05) is 0 Å². The summed E-state index contributed by atoms with van der Waals surface area (Å²) in [6.45, 7) is 9.94. The van der Waals surface area contributed by atoms with Crippen molar-refractivity contribution in [3.8, 4) is 0 Å². The fourth-order valence-electron chi connectivity index (χ4n) is 8.55. The van der Waals surface area contributed by atoms with Crippen LogP contribution in [0, 0.1) is 46.3 Å². The molecule has 1 N–H and O–H groups in total. The third kappa shape index (κ3) is 2.21. The Kier molecular flexibility index (Phi) is 3.91. The molecule has 2 unspecified atom stereocenters. The molecular formula is C22H38O. The molecule has 4 saturated carbocycles. The standard InChI is InChI=1S/C22H38O/c1-14(2)17-10-11-18-16-9-8-15-7-5-6-12-21(15,3)20(16)19(23)13-22(17,18)4/h14-20,23H,5-13H2,1-4H3/t15?,16-,17+,18-,19?,20+,21-,22+/m0/s1. The Morgan fingerprint density at radius 2 is 1.70 bits per heavy atom. The van der Waals surface area contributed by atoms with E-state index in [2.05, 4.69) is 27.7 Å². The van der Waals surface area contributed by atoms with Gasteiger partial charge in [0.25, 0.3) is 0 Å². The van der Waals surface area contributed by atoms with Crippen molar-refractivity contribution in [3.63, 3.8) is 0 Å². The maximum Gasteiger partial charge on any atom is 0.0581 e. The molecule has 0 aromatic carbocycles. The smallest absolute Gasteiger partial charge is 0.0581 e. The summed E-state index contributed by atoms with van der Waals surface area (Å²) in [7, 11) is 0. The molecule has 0 aliphatic heterocycles. The molecule has 8 atom stereocenters. The zero-order valence-corrected chi connectivity index (χ0v) is 15.9. The molecule has 4 fully saturated rings. The van der Waals surface area contributed by atoms with Crippen molar-refractivity contribution < 1.29 is 5.11 Å². The first-order valence-electron chi connectivity index (χ1n) is 10.6. The minimum Gasteiger partial charge on any atom is -0.393 e. The average Bonchev–Trinajstić information content (AvgIpc) is 2.82. The summed E-state index contributed by atoms with van der Waals surface area (Å²) in [5.74, 6) is 4.81. The molecule has 132 valence electrons. The molecule has 4 aliphatic rings. The van der Waals surface area contributed by atoms with Gasteiger partial charge in [-0.15, -0.1) is 0 Å². The lowest BCUT2D eigenvalue weighted by Gasteiger charge is -2.62. The van der Waals surface area contributed by atoms with Gasteiger partial charge in [0.2, 0.25) is 0 Å². The van der Waals surface area contributed by atoms with E-state index in [0.717, 1.165) is 36.0 Å². The van der Waals surface area contributed by atoms with Gasteiger partial charge in [0.05, 0.1) is 6.10 Å². The van der Waals surface area contributed by atoms with Crippen molar-refractivity contribution in [2.45, 2.75) is 91.6 Å². The van der Waals surface area contributed by atoms with E-state index in [4.69, 9.17) is 0 Å². The Labute approximate surface area is 143 Å². The van der Waals surface area contributed by atoms with Gasteiger partial charge in [-0.25, -0.2) is 0 Å². The molecule has 1 heteroatoms. The second-order valence-corrected chi connectivity index (χ2v) is 10.5. The molecule has 0 radical (unpaired) electrons. The van der Waals surface area contributed by atoms with Crippen LogP contribution in [-0.2, 0) is 0 Å². The van der Waals surface area contributed by atoms with Gasteiger partial charge in [-0.05, 0) is 91.3 Å². The van der Waals surface area contributed by atoms with Gasteiger partial charge in [-0.1, -0.05) is 40.5 Å². The van der Waals surface area contributed by atoms with Crippen molar-refractivity contribution in [1.29, 1.82) is 0 Å². The Bertz CT molecular complexity index is 457. The van der Waals surface area contributed by atoms with Gasteiger partial charge in [0.15, 0.2) is 0 Å². The highest BCUT2D eigenvalue weighted by molar-refractivity contribution is 5.11. The van der Waals surface area contributed by atoms with Gasteiger partial charge in [0, 0.05) is 0 Å². The van der Waals surface area contributed by atoms with Crippen LogP contribution in [0.25, 0.3) is 0 Å². The quantitative estimate of drug-likeness (QED) is 0.661. The number of fused-ring (bicyclic) bond motifs is 5. The minimum atomic E-state index is -0.0356. The SMILES string of the molecule is CC(C)[C@H]1CC[C@H]2[C@@H]3CCC4CCCC[C@]4(C)[C@H]3C(O)C[C@]12C. The van der Waals surface area contributed by atoms with Gasteiger partial charge in [-0.3, -0.25) is 0 Å². The third-order valence-corrected chi connectivity index (χ3v) is 9.39. The molecule has 0 heterocycles. The first-order valence-corrected chi connectivity index (χ1v) is 10.6. The monoisotopic (exact) mass is 318 g/mol. The highest BCUT2D eigenvalue weighted by atomic mass is 16.3. The maximum atomic E-state index is 11.3. The molecular weight excluding hydrogens is 280 g/mol. The summed E-state index contributed by atoms with van der Waals surface area (Å²) in [6, 6.07) is 0. The molecule has 0 aromatic rings. The topological polar surface area (TPSA) is 20.2 Å². The summed E-state index contributed by atoms with van der Waals surface area (Å²) in [4.78, 5) is 0. The highest BCUT2D eigenvalue weighted by Crippen LogP contribution is 2.68. The van der Waals surface area contributed by atoms with Crippen LogP contribution >= 0.6 is 0 Å². The van der Waals surface area contributed by atoms with E-state index in [9.17, 15) is 5.11 Å². The second-order valence-electron chi connectivity index (χ2n) is 10.5. The van der Waals surface area contributed by atoms with Gasteiger partial charge in [-0.2, -0.15) is 0 Å². The van der Waals surface area contributed by atoms with Crippen LogP contribution in [0.4, 0.5) is 0 Å². The lowest BCUT2D eigenvalue weighted by atomic mass is 9.44. The summed E-state index contributed by atoms with van der Waals surface area (Å²) in [5.41, 5.74) is 0.852. The maximum absolute atomic E-state index is 11.3. The largest absolute Gasteiger partial charge is 0.393 e. The van der Waals surface area contributed by atoms with Crippen LogP contribution < -0.4 is 0 Å². The molecule has 0 aromatic heterocycles. The third-order valence-electron chi connectivity index (χ3n) is 9.39. The number of hydrogen-bond donors (Lipinski definition) is 1. The summed E-state index contributed by atoms with van der Waals surface area (Å²) < 4.78 is 0. The highest BCUT2D eigenvalue weighted by Gasteiger charge is 2.62. The Morgan fingerprint density at radius 1 is 0.913 bits per heavy atom. The Morgan fingerprint density at radius 3 is 2.43 bits per heavy atom. The van der Waals surface area contributed by atoms with Gasteiger partial charge in [0.1, 0.15) is 0 Å². The van der Waals surface area contributed by atoms with E-state index in [1.165, 1.54) is 51.4 Å². The van der Waals surface area contributed by atoms with Crippen LogP contribution in [0.5, 0.6) is 0 Å². The number of hydrogen-bond acceptors (Lipinski definition) is 1. The van der Waals surface area contributed by atoms with Gasteiger partial charge >= 0.3 is 0 Å². The van der Waals surface area contributed by atoms with E-state index in [1.54, 1.807) is 0 Å². The Hall–Kier alpha value is -0.0400. The molecule has 1 nitrogen and oxygen atoms in total. The van der Waals surface area contributed by atoms with E-state index in [1.807, 2.05) is 0 Å². The van der Waals surface area contributed by atoms with Crippen LogP contribution in [0.15, 0.2) is 0 Å². The molecule has 4 rings (SSSR count). The first kappa shape index (κ1) is 16.4. The fourth-order valence-corrected chi connectivity index (χ4v) is 8.55. The zero-order chi connectivity index (χ0) is 16.4. The van der Waals surface area contributed by atoms with Crippen LogP contribution in [0.3, 0.4) is 0 Å². The summed E-state index contributed by atoms with van der Waals surface area (Å²) in [6.07, 6.45) is 12.4. The number of rotatable bonds is 1.